The van der Waals surface area contributed by atoms with E-state index in [1.807, 2.05) is 60.7 Å². The molecule has 1 N–H and O–H groups in total. The fourth-order valence-electron chi connectivity index (χ4n) is 3.06. The summed E-state index contributed by atoms with van der Waals surface area (Å²) in [7, 11) is 1.52. The van der Waals surface area contributed by atoms with E-state index in [1.165, 1.54) is 7.11 Å². The third-order valence-electron chi connectivity index (χ3n) is 4.52. The minimum atomic E-state index is -1.04. The molecule has 0 bridgehead atoms. The number of ether oxygens (including phenoxy) is 2. The predicted molar refractivity (Wildman–Crippen MR) is 111 cm³/mol. The van der Waals surface area contributed by atoms with Gasteiger partial charge in [-0.15, -0.1) is 0 Å². The molecular formula is C23H24N2O5. The quantitative estimate of drug-likeness (QED) is 0.543. The monoisotopic (exact) mass is 408 g/mol. The van der Waals surface area contributed by atoms with Gasteiger partial charge in [0.1, 0.15) is 11.7 Å². The molecule has 1 atom stereocenters. The maximum atomic E-state index is 13.2. The molecule has 0 aliphatic rings. The molecule has 3 rings (SSSR count). The second-order valence-electron chi connectivity index (χ2n) is 6.77. The van der Waals surface area contributed by atoms with Crippen molar-refractivity contribution in [2.45, 2.75) is 25.4 Å². The minimum absolute atomic E-state index is 0.210. The van der Waals surface area contributed by atoms with E-state index in [9.17, 15) is 9.59 Å². The number of carbonyl (C=O) groups excluding carboxylic acids is 2. The van der Waals surface area contributed by atoms with Crippen molar-refractivity contribution in [1.29, 1.82) is 0 Å². The average Bonchev–Trinajstić information content (AvgIpc) is 3.17. The highest BCUT2D eigenvalue weighted by Crippen LogP contribution is 2.27. The van der Waals surface area contributed by atoms with Crippen molar-refractivity contribution in [2.24, 2.45) is 0 Å². The van der Waals surface area contributed by atoms with Gasteiger partial charge in [0.05, 0.1) is 6.61 Å². The second-order valence-corrected chi connectivity index (χ2v) is 6.77. The van der Waals surface area contributed by atoms with Gasteiger partial charge >= 0.3 is 5.97 Å². The predicted octanol–water partition coefficient (Wildman–Crippen LogP) is 3.70. The Labute approximate surface area is 175 Å². The van der Waals surface area contributed by atoms with Crippen molar-refractivity contribution in [3.8, 4) is 0 Å². The first kappa shape index (κ1) is 21.3. The molecule has 30 heavy (non-hydrogen) atoms. The summed E-state index contributed by atoms with van der Waals surface area (Å²) in [4.78, 5) is 25.9. The van der Waals surface area contributed by atoms with Crippen LogP contribution in [0.3, 0.4) is 0 Å². The SMILES string of the molecule is COCC[C@H](OC(=O)C(c1ccccc1)c1ccccc1)C(=O)Nc1cc(C)on1. The van der Waals surface area contributed by atoms with E-state index < -0.39 is 23.9 Å². The lowest BCUT2D eigenvalue weighted by Gasteiger charge is -2.22. The zero-order valence-electron chi connectivity index (χ0n) is 16.9. The molecule has 156 valence electrons. The Kier molecular flexibility index (Phi) is 7.34. The van der Waals surface area contributed by atoms with Crippen LogP contribution in [0.25, 0.3) is 0 Å². The zero-order chi connectivity index (χ0) is 21.3. The lowest BCUT2D eigenvalue weighted by molar-refractivity contribution is -0.155. The highest BCUT2D eigenvalue weighted by molar-refractivity contribution is 5.95. The minimum Gasteiger partial charge on any atom is -0.451 e. The molecule has 0 radical (unpaired) electrons. The van der Waals surface area contributed by atoms with Crippen LogP contribution in [0, 0.1) is 6.92 Å². The van der Waals surface area contributed by atoms with E-state index in [-0.39, 0.29) is 18.8 Å². The molecule has 2 aromatic carbocycles. The average molecular weight is 408 g/mol. The fourth-order valence-corrected chi connectivity index (χ4v) is 3.06. The summed E-state index contributed by atoms with van der Waals surface area (Å²) in [6.45, 7) is 1.97. The Morgan fingerprint density at radius 2 is 1.63 bits per heavy atom. The highest BCUT2D eigenvalue weighted by atomic mass is 16.6. The smallest absolute Gasteiger partial charge is 0.318 e. The zero-order valence-corrected chi connectivity index (χ0v) is 16.9. The van der Waals surface area contributed by atoms with Crippen LogP contribution in [0.15, 0.2) is 71.3 Å². The molecule has 1 aromatic heterocycles. The Morgan fingerprint density at radius 1 is 1.03 bits per heavy atom. The van der Waals surface area contributed by atoms with Gasteiger partial charge in [-0.1, -0.05) is 65.8 Å². The highest BCUT2D eigenvalue weighted by Gasteiger charge is 2.30. The first-order chi connectivity index (χ1) is 14.6. The molecule has 0 saturated heterocycles. The number of hydrogen-bond donors (Lipinski definition) is 1. The van der Waals surface area contributed by atoms with Crippen LogP contribution in [0.2, 0.25) is 0 Å². The van der Waals surface area contributed by atoms with Crippen molar-refractivity contribution < 1.29 is 23.6 Å². The van der Waals surface area contributed by atoms with Gasteiger partial charge in [-0.25, -0.2) is 0 Å². The maximum absolute atomic E-state index is 13.2. The number of esters is 1. The number of anilines is 1. The number of nitrogens with zero attached hydrogens (tertiary/aromatic N) is 1. The summed E-state index contributed by atoms with van der Waals surface area (Å²) in [5.74, 6) is -0.837. The Balaban J connectivity index is 1.81. The van der Waals surface area contributed by atoms with Gasteiger partial charge in [0.15, 0.2) is 11.9 Å². The molecular weight excluding hydrogens is 384 g/mol. The number of nitrogens with one attached hydrogen (secondary N) is 1. The van der Waals surface area contributed by atoms with Crippen LogP contribution < -0.4 is 5.32 Å². The van der Waals surface area contributed by atoms with Gasteiger partial charge < -0.3 is 19.3 Å². The largest absolute Gasteiger partial charge is 0.451 e. The molecule has 0 saturated carbocycles. The van der Waals surface area contributed by atoms with Gasteiger partial charge in [0.2, 0.25) is 0 Å². The number of amides is 1. The third-order valence-corrected chi connectivity index (χ3v) is 4.52. The van der Waals surface area contributed by atoms with Crippen molar-refractivity contribution in [2.75, 3.05) is 19.0 Å². The van der Waals surface area contributed by atoms with Crippen LogP contribution >= 0.6 is 0 Å². The summed E-state index contributed by atoms with van der Waals surface area (Å²) < 4.78 is 15.7. The molecule has 7 nitrogen and oxygen atoms in total. The topological polar surface area (TPSA) is 90.7 Å². The normalized spacial score (nSPS) is 11.8. The number of rotatable bonds is 9. The number of carbonyl (C=O) groups is 2. The van der Waals surface area contributed by atoms with E-state index in [0.717, 1.165) is 11.1 Å². The van der Waals surface area contributed by atoms with Crippen LogP contribution in [-0.4, -0.2) is 36.9 Å². The third kappa shape index (κ3) is 5.55. The molecule has 0 aliphatic carbocycles. The molecule has 0 aliphatic heterocycles. The molecule has 0 spiro atoms. The van der Waals surface area contributed by atoms with Gasteiger partial charge in [-0.2, -0.15) is 0 Å². The Bertz CT molecular complexity index is 916. The number of methoxy groups -OCH3 is 1. The lowest BCUT2D eigenvalue weighted by atomic mass is 9.91. The summed E-state index contributed by atoms with van der Waals surface area (Å²) in [6.07, 6.45) is -0.828. The Morgan fingerprint density at radius 3 is 2.13 bits per heavy atom. The number of hydrogen-bond acceptors (Lipinski definition) is 6. The van der Waals surface area contributed by atoms with Crippen LogP contribution in [0.4, 0.5) is 5.82 Å². The maximum Gasteiger partial charge on any atom is 0.318 e. The van der Waals surface area contributed by atoms with E-state index in [2.05, 4.69) is 10.5 Å². The van der Waals surface area contributed by atoms with Crippen LogP contribution in [-0.2, 0) is 19.1 Å². The summed E-state index contributed by atoms with van der Waals surface area (Å²) in [6, 6.07) is 20.2. The molecule has 1 amide bonds. The molecule has 3 aromatic rings. The van der Waals surface area contributed by atoms with Gasteiger partial charge in [0.25, 0.3) is 5.91 Å². The Hall–Kier alpha value is -3.45. The summed E-state index contributed by atoms with van der Waals surface area (Å²) in [5, 5.41) is 6.37. The van der Waals surface area contributed by atoms with Crippen molar-refractivity contribution in [3.63, 3.8) is 0 Å². The summed E-state index contributed by atoms with van der Waals surface area (Å²) >= 11 is 0. The molecule has 0 unspecified atom stereocenters. The number of aromatic nitrogens is 1. The van der Waals surface area contributed by atoms with Crippen LogP contribution in [0.5, 0.6) is 0 Å². The second kappa shape index (κ2) is 10.4. The van der Waals surface area contributed by atoms with Crippen molar-refractivity contribution >= 4 is 17.7 Å². The molecule has 1 heterocycles. The summed E-state index contributed by atoms with van der Waals surface area (Å²) in [5.41, 5.74) is 1.57. The van der Waals surface area contributed by atoms with Gasteiger partial charge in [-0.05, 0) is 18.1 Å². The van der Waals surface area contributed by atoms with Crippen LogP contribution in [0.1, 0.15) is 29.2 Å². The first-order valence-corrected chi connectivity index (χ1v) is 9.62. The van der Waals surface area contributed by atoms with Crippen molar-refractivity contribution in [1.82, 2.24) is 5.16 Å². The van der Waals surface area contributed by atoms with E-state index in [1.54, 1.807) is 13.0 Å². The number of aryl methyl sites for hydroxylation is 1. The molecule has 0 fully saturated rings. The van der Waals surface area contributed by atoms with Crippen molar-refractivity contribution in [3.05, 3.63) is 83.6 Å². The van der Waals surface area contributed by atoms with E-state index >= 15 is 0 Å². The lowest BCUT2D eigenvalue weighted by Crippen LogP contribution is -2.35. The van der Waals surface area contributed by atoms with E-state index in [4.69, 9.17) is 14.0 Å². The fraction of sp³-hybridized carbons (Fsp3) is 0.261. The molecule has 7 heteroatoms. The van der Waals surface area contributed by atoms with E-state index in [0.29, 0.717) is 5.76 Å². The standard InChI is InChI=1S/C23H24N2O5/c1-16-15-20(25-30-16)24-22(26)19(13-14-28-2)29-23(27)21(17-9-5-3-6-10-17)18-11-7-4-8-12-18/h3-12,15,19,21H,13-14H2,1-2H3,(H,24,25,26)/t19-/m0/s1. The van der Waals surface area contributed by atoms with Gasteiger partial charge in [-0.3, -0.25) is 9.59 Å². The first-order valence-electron chi connectivity index (χ1n) is 9.62. The number of benzene rings is 2. The van der Waals surface area contributed by atoms with Gasteiger partial charge in [0, 0.05) is 19.6 Å².